The van der Waals surface area contributed by atoms with Gasteiger partial charge in [0.1, 0.15) is 5.75 Å². The first-order valence-corrected chi connectivity index (χ1v) is 7.40. The van der Waals surface area contributed by atoms with Gasteiger partial charge >= 0.3 is 0 Å². The van der Waals surface area contributed by atoms with Crippen molar-refractivity contribution in [2.24, 2.45) is 0 Å². The highest BCUT2D eigenvalue weighted by Crippen LogP contribution is 2.34. The average Bonchev–Trinajstić information content (AvgIpc) is 2.41. The third kappa shape index (κ3) is 3.54. The summed E-state index contributed by atoms with van der Waals surface area (Å²) in [5.41, 5.74) is 1.56. The molecule has 5 heteroatoms. The number of carbonyl (C=O) groups is 1. The Bertz CT molecular complexity index is 656. The van der Waals surface area contributed by atoms with Crippen molar-refractivity contribution in [2.75, 3.05) is 6.61 Å². The van der Waals surface area contributed by atoms with E-state index in [-0.39, 0.29) is 12.4 Å². The third-order valence-corrected chi connectivity index (χ3v) is 4.27. The number of aryl methyl sites for hydroxylation is 1. The van der Waals surface area contributed by atoms with E-state index in [0.29, 0.717) is 25.8 Å². The largest absolute Gasteiger partial charge is 0.484 e. The van der Waals surface area contributed by atoms with E-state index in [4.69, 9.17) is 27.9 Å². The summed E-state index contributed by atoms with van der Waals surface area (Å²) < 4.78 is 6.14. The molecule has 0 saturated heterocycles. The van der Waals surface area contributed by atoms with E-state index in [9.17, 15) is 4.79 Å². The fraction of sp³-hybridized carbons (Fsp3) is 0.133. The van der Waals surface area contributed by atoms with Crippen LogP contribution in [0.1, 0.15) is 15.9 Å². The smallest absolute Gasteiger partial charge is 0.200 e. The minimum absolute atomic E-state index is 0.0808. The molecule has 0 aromatic heterocycles. The second-order valence-corrected chi connectivity index (χ2v) is 5.89. The van der Waals surface area contributed by atoms with E-state index in [0.717, 1.165) is 5.56 Å². The molecule has 0 bridgehead atoms. The lowest BCUT2D eigenvalue weighted by molar-refractivity contribution is 0.0921. The minimum atomic E-state index is -0.0989. The molecule has 0 atom stereocenters. The zero-order valence-electron chi connectivity index (χ0n) is 10.6. The molecular weight excluding hydrogens is 363 g/mol. The second-order valence-electron chi connectivity index (χ2n) is 4.22. The first-order valence-electron chi connectivity index (χ1n) is 5.85. The van der Waals surface area contributed by atoms with Crippen molar-refractivity contribution in [1.29, 1.82) is 0 Å². The Labute approximate surface area is 135 Å². The number of benzene rings is 2. The summed E-state index contributed by atoms with van der Waals surface area (Å²) in [6, 6.07) is 10.6. The van der Waals surface area contributed by atoms with E-state index in [2.05, 4.69) is 15.9 Å². The molecule has 0 saturated carbocycles. The minimum Gasteiger partial charge on any atom is -0.484 e. The predicted molar refractivity (Wildman–Crippen MR) is 85.2 cm³/mol. The summed E-state index contributed by atoms with van der Waals surface area (Å²) in [5, 5.41) is 0.881. The Balaban J connectivity index is 2.12. The number of halogens is 3. The molecule has 0 N–H and O–H groups in total. The molecule has 0 amide bonds. The van der Waals surface area contributed by atoms with E-state index < -0.39 is 0 Å². The molecule has 0 aliphatic carbocycles. The van der Waals surface area contributed by atoms with Gasteiger partial charge in [0.25, 0.3) is 0 Å². The van der Waals surface area contributed by atoms with Crippen molar-refractivity contribution >= 4 is 44.9 Å². The van der Waals surface area contributed by atoms with Crippen molar-refractivity contribution in [3.8, 4) is 5.75 Å². The molecule has 0 spiro atoms. The summed E-state index contributed by atoms with van der Waals surface area (Å²) in [7, 11) is 0. The molecule has 0 heterocycles. The summed E-state index contributed by atoms with van der Waals surface area (Å²) in [6.45, 7) is 1.80. The van der Waals surface area contributed by atoms with Crippen LogP contribution in [0.2, 0.25) is 10.0 Å². The van der Waals surface area contributed by atoms with Gasteiger partial charge in [0.15, 0.2) is 12.4 Å². The maximum Gasteiger partial charge on any atom is 0.200 e. The summed E-state index contributed by atoms with van der Waals surface area (Å²) >= 11 is 15.3. The van der Waals surface area contributed by atoms with Crippen LogP contribution in [0.25, 0.3) is 0 Å². The molecule has 0 unspecified atom stereocenters. The first kappa shape index (κ1) is 15.4. The summed E-state index contributed by atoms with van der Waals surface area (Å²) in [4.78, 5) is 12.1. The zero-order chi connectivity index (χ0) is 14.7. The van der Waals surface area contributed by atoms with Crippen molar-refractivity contribution in [1.82, 2.24) is 0 Å². The molecule has 0 aliphatic heterocycles. The average molecular weight is 374 g/mol. The standard InChI is InChI=1S/C15H11BrCl2O2/c1-9-4-2-3-5-10(9)14(19)8-20-15-7-12(17)11(16)6-13(15)18/h2-7H,8H2,1H3. The van der Waals surface area contributed by atoms with Crippen LogP contribution in [-0.4, -0.2) is 12.4 Å². The molecule has 0 fully saturated rings. The van der Waals surface area contributed by atoms with E-state index in [1.54, 1.807) is 18.2 Å². The topological polar surface area (TPSA) is 26.3 Å². The molecule has 0 radical (unpaired) electrons. The number of hydrogen-bond acceptors (Lipinski definition) is 2. The molecule has 2 aromatic carbocycles. The van der Waals surface area contributed by atoms with E-state index in [1.165, 1.54) is 0 Å². The lowest BCUT2D eigenvalue weighted by atomic mass is 10.1. The summed E-state index contributed by atoms with van der Waals surface area (Å²) in [6.07, 6.45) is 0. The van der Waals surface area contributed by atoms with Gasteiger partial charge in [-0.15, -0.1) is 0 Å². The fourth-order valence-corrected chi connectivity index (χ4v) is 2.57. The van der Waals surface area contributed by atoms with Gasteiger partial charge < -0.3 is 4.74 Å². The van der Waals surface area contributed by atoms with Crippen molar-refractivity contribution < 1.29 is 9.53 Å². The maximum absolute atomic E-state index is 12.1. The molecule has 2 aromatic rings. The highest BCUT2D eigenvalue weighted by molar-refractivity contribution is 9.10. The highest BCUT2D eigenvalue weighted by Gasteiger charge is 2.12. The van der Waals surface area contributed by atoms with Crippen molar-refractivity contribution in [3.63, 3.8) is 0 Å². The highest BCUT2D eigenvalue weighted by atomic mass is 79.9. The fourth-order valence-electron chi connectivity index (χ4n) is 1.72. The molecule has 2 rings (SSSR count). The van der Waals surface area contributed by atoms with Gasteiger partial charge in [0.05, 0.1) is 10.0 Å². The van der Waals surface area contributed by atoms with Crippen LogP contribution < -0.4 is 4.74 Å². The van der Waals surface area contributed by atoms with Gasteiger partial charge in [-0.05, 0) is 34.5 Å². The van der Waals surface area contributed by atoms with E-state index in [1.807, 2.05) is 25.1 Å². The molecular formula is C15H11BrCl2O2. The number of ketones is 1. The number of Topliss-reactive ketones (excluding diaryl/α,β-unsaturated/α-hetero) is 1. The number of carbonyl (C=O) groups excluding carboxylic acids is 1. The second kappa shape index (κ2) is 6.61. The third-order valence-electron chi connectivity index (χ3n) is 2.78. The quantitative estimate of drug-likeness (QED) is 0.535. The van der Waals surface area contributed by atoms with Gasteiger partial charge in [0, 0.05) is 16.1 Å². The molecule has 104 valence electrons. The van der Waals surface area contributed by atoms with Gasteiger partial charge in [-0.2, -0.15) is 0 Å². The van der Waals surface area contributed by atoms with Crippen LogP contribution in [-0.2, 0) is 0 Å². The zero-order valence-corrected chi connectivity index (χ0v) is 13.7. The van der Waals surface area contributed by atoms with Crippen LogP contribution >= 0.6 is 39.1 Å². The normalized spacial score (nSPS) is 10.4. The summed E-state index contributed by atoms with van der Waals surface area (Å²) in [5.74, 6) is 0.292. The number of hydrogen-bond donors (Lipinski definition) is 0. The van der Waals surface area contributed by atoms with Crippen LogP contribution in [0.4, 0.5) is 0 Å². The van der Waals surface area contributed by atoms with Crippen molar-refractivity contribution in [3.05, 3.63) is 62.0 Å². The number of ether oxygens (including phenoxy) is 1. The predicted octanol–water partition coefficient (Wildman–Crippen LogP) is 5.33. The Kier molecular flexibility index (Phi) is 5.08. The van der Waals surface area contributed by atoms with E-state index >= 15 is 0 Å². The molecule has 20 heavy (non-hydrogen) atoms. The van der Waals surface area contributed by atoms with Crippen LogP contribution in [0, 0.1) is 6.92 Å². The van der Waals surface area contributed by atoms with Crippen molar-refractivity contribution in [2.45, 2.75) is 6.92 Å². The first-order chi connectivity index (χ1) is 9.49. The Morgan fingerprint density at radius 3 is 2.60 bits per heavy atom. The van der Waals surface area contributed by atoms with Crippen LogP contribution in [0.15, 0.2) is 40.9 Å². The lowest BCUT2D eigenvalue weighted by Gasteiger charge is -2.10. The molecule has 0 aliphatic rings. The Morgan fingerprint density at radius 2 is 1.90 bits per heavy atom. The monoisotopic (exact) mass is 372 g/mol. The van der Waals surface area contributed by atoms with Gasteiger partial charge in [-0.3, -0.25) is 4.79 Å². The van der Waals surface area contributed by atoms with Crippen LogP contribution in [0.3, 0.4) is 0 Å². The van der Waals surface area contributed by atoms with Crippen LogP contribution in [0.5, 0.6) is 5.75 Å². The lowest BCUT2D eigenvalue weighted by Crippen LogP contribution is -2.13. The Morgan fingerprint density at radius 1 is 1.20 bits per heavy atom. The van der Waals surface area contributed by atoms with Gasteiger partial charge in [-0.25, -0.2) is 0 Å². The molecule has 2 nitrogen and oxygen atoms in total. The SMILES string of the molecule is Cc1ccccc1C(=O)COc1cc(Cl)c(Br)cc1Cl. The number of rotatable bonds is 4. The maximum atomic E-state index is 12.1. The van der Waals surface area contributed by atoms with Gasteiger partial charge in [-0.1, -0.05) is 47.5 Å². The Hall–Kier alpha value is -1.03. The van der Waals surface area contributed by atoms with Gasteiger partial charge in [0.2, 0.25) is 0 Å².